The van der Waals surface area contributed by atoms with Crippen LogP contribution in [0.15, 0.2) is 18.2 Å². The van der Waals surface area contributed by atoms with Gasteiger partial charge in [-0.25, -0.2) is 13.6 Å². The zero-order chi connectivity index (χ0) is 14.6. The van der Waals surface area contributed by atoms with Crippen molar-refractivity contribution in [1.82, 2.24) is 0 Å². The lowest BCUT2D eigenvalue weighted by Crippen LogP contribution is -2.14. The predicted octanol–water partition coefficient (Wildman–Crippen LogP) is 3.83. The zero-order valence-electron chi connectivity index (χ0n) is 10.5. The second-order valence-corrected chi connectivity index (χ2v) is 4.72. The summed E-state index contributed by atoms with van der Waals surface area (Å²) < 4.78 is 30.8. The van der Waals surface area contributed by atoms with Crippen LogP contribution < -0.4 is 0 Å². The average molecular weight is 335 g/mol. The average Bonchev–Trinajstić information content (AvgIpc) is 2.36. The van der Waals surface area contributed by atoms with Gasteiger partial charge in [0.25, 0.3) is 6.43 Å². The Kier molecular flexibility index (Phi) is 5.60. The number of hydrogen-bond acceptors (Lipinski definition) is 3. The van der Waals surface area contributed by atoms with E-state index in [1.165, 1.54) is 25.1 Å². The van der Waals surface area contributed by atoms with Gasteiger partial charge in [-0.1, -0.05) is 28.1 Å². The van der Waals surface area contributed by atoms with Gasteiger partial charge < -0.3 is 4.74 Å². The van der Waals surface area contributed by atoms with E-state index in [0.717, 1.165) is 0 Å². The van der Waals surface area contributed by atoms with E-state index >= 15 is 0 Å². The summed E-state index contributed by atoms with van der Waals surface area (Å²) in [6.45, 7) is 3.01. The number of rotatable bonds is 5. The maximum absolute atomic E-state index is 13.0. The Bertz CT molecular complexity index is 489. The number of ketones is 1. The molecule has 0 fully saturated rings. The molecule has 1 atom stereocenters. The molecular weight excluding hydrogens is 322 g/mol. The van der Waals surface area contributed by atoms with Gasteiger partial charge in [0.05, 0.1) is 17.0 Å². The quantitative estimate of drug-likeness (QED) is 0.607. The third-order valence-electron chi connectivity index (χ3n) is 2.48. The lowest BCUT2D eigenvalue weighted by atomic mass is 9.96. The Labute approximate surface area is 118 Å². The van der Waals surface area contributed by atoms with E-state index < -0.39 is 17.2 Å². The summed E-state index contributed by atoms with van der Waals surface area (Å²) in [6, 6.07) is 3.91. The van der Waals surface area contributed by atoms with Crippen molar-refractivity contribution < 1.29 is 23.1 Å². The number of hydrogen-bond donors (Lipinski definition) is 0. The summed E-state index contributed by atoms with van der Waals surface area (Å²) in [5.74, 6) is -1.08. The molecule has 1 rings (SSSR count). The van der Waals surface area contributed by atoms with Gasteiger partial charge in [-0.15, -0.1) is 0 Å². The van der Waals surface area contributed by atoms with E-state index in [-0.39, 0.29) is 29.1 Å². The van der Waals surface area contributed by atoms with Crippen LogP contribution in [-0.4, -0.2) is 18.4 Å². The number of ether oxygens (including phenoxy) is 1. The van der Waals surface area contributed by atoms with Crippen molar-refractivity contribution in [3.05, 3.63) is 34.9 Å². The fraction of sp³-hybridized carbons (Fsp3) is 0.385. The van der Waals surface area contributed by atoms with Crippen molar-refractivity contribution in [2.24, 2.45) is 0 Å². The summed E-state index contributed by atoms with van der Waals surface area (Å²) in [7, 11) is 0. The van der Waals surface area contributed by atoms with Crippen molar-refractivity contribution in [2.45, 2.75) is 25.1 Å². The van der Waals surface area contributed by atoms with Crippen LogP contribution >= 0.6 is 15.9 Å². The molecular formula is C13H13BrF2O3. The van der Waals surface area contributed by atoms with Crippen LogP contribution in [-0.2, 0) is 9.53 Å². The number of esters is 1. The van der Waals surface area contributed by atoms with Crippen molar-refractivity contribution in [1.29, 1.82) is 0 Å². The molecule has 1 aromatic carbocycles. The Morgan fingerprint density at radius 1 is 1.37 bits per heavy atom. The molecule has 0 saturated carbocycles. The fourth-order valence-electron chi connectivity index (χ4n) is 1.65. The predicted molar refractivity (Wildman–Crippen MR) is 69.7 cm³/mol. The fourth-order valence-corrected chi connectivity index (χ4v) is 2.16. The minimum absolute atomic E-state index is 0.0169. The lowest BCUT2D eigenvalue weighted by molar-refractivity contribution is -0.116. The molecule has 19 heavy (non-hydrogen) atoms. The van der Waals surface area contributed by atoms with Crippen molar-refractivity contribution in [2.75, 3.05) is 6.61 Å². The van der Waals surface area contributed by atoms with Crippen LogP contribution in [0.2, 0.25) is 0 Å². The van der Waals surface area contributed by atoms with Gasteiger partial charge >= 0.3 is 5.97 Å². The SMILES string of the molecule is CCOC(=O)c1cccc(C(F)F)c1C(Br)C(C)=O. The monoisotopic (exact) mass is 334 g/mol. The summed E-state index contributed by atoms with van der Waals surface area (Å²) in [6.07, 6.45) is -2.77. The molecule has 1 unspecified atom stereocenters. The lowest BCUT2D eigenvalue weighted by Gasteiger charge is -2.16. The first-order valence-electron chi connectivity index (χ1n) is 5.62. The van der Waals surface area contributed by atoms with Gasteiger partial charge in [0.1, 0.15) is 5.78 Å². The molecule has 3 nitrogen and oxygen atoms in total. The molecule has 104 valence electrons. The first-order valence-corrected chi connectivity index (χ1v) is 6.54. The summed E-state index contributed by atoms with van der Waals surface area (Å²) in [5.41, 5.74) is -0.386. The maximum Gasteiger partial charge on any atom is 0.338 e. The van der Waals surface area contributed by atoms with Gasteiger partial charge in [-0.2, -0.15) is 0 Å². The Hall–Kier alpha value is -1.30. The highest BCUT2D eigenvalue weighted by molar-refractivity contribution is 9.09. The van der Waals surface area contributed by atoms with Crippen LogP contribution in [0.5, 0.6) is 0 Å². The molecule has 0 spiro atoms. The number of benzene rings is 1. The van der Waals surface area contributed by atoms with Gasteiger partial charge in [0, 0.05) is 5.56 Å². The molecule has 0 bridgehead atoms. The molecule has 0 aromatic heterocycles. The number of Topliss-reactive ketones (excluding diaryl/α,β-unsaturated/α-hetero) is 1. The highest BCUT2D eigenvalue weighted by Gasteiger charge is 2.27. The highest BCUT2D eigenvalue weighted by Crippen LogP contribution is 2.35. The highest BCUT2D eigenvalue weighted by atomic mass is 79.9. The molecule has 0 heterocycles. The van der Waals surface area contributed by atoms with E-state index in [1.54, 1.807) is 6.92 Å². The molecule has 0 aliphatic carbocycles. The Balaban J connectivity index is 3.42. The van der Waals surface area contributed by atoms with Crippen LogP contribution in [0, 0.1) is 0 Å². The summed E-state index contributed by atoms with van der Waals surface area (Å²) >= 11 is 3.05. The normalized spacial score (nSPS) is 12.3. The second-order valence-electron chi connectivity index (χ2n) is 3.80. The van der Waals surface area contributed by atoms with E-state index in [0.29, 0.717) is 0 Å². The number of carbonyl (C=O) groups excluding carboxylic acids is 2. The van der Waals surface area contributed by atoms with E-state index in [4.69, 9.17) is 4.74 Å². The molecule has 0 N–H and O–H groups in total. The number of alkyl halides is 3. The van der Waals surface area contributed by atoms with Gasteiger partial charge in [0.2, 0.25) is 0 Å². The minimum atomic E-state index is -2.77. The van der Waals surface area contributed by atoms with E-state index in [9.17, 15) is 18.4 Å². The molecule has 0 amide bonds. The van der Waals surface area contributed by atoms with E-state index in [1.807, 2.05) is 0 Å². The minimum Gasteiger partial charge on any atom is -0.462 e. The topological polar surface area (TPSA) is 43.4 Å². The zero-order valence-corrected chi connectivity index (χ0v) is 12.0. The smallest absolute Gasteiger partial charge is 0.338 e. The van der Waals surface area contributed by atoms with Crippen LogP contribution in [0.1, 0.15) is 46.6 Å². The Morgan fingerprint density at radius 3 is 2.47 bits per heavy atom. The van der Waals surface area contributed by atoms with Crippen molar-refractivity contribution in [3.63, 3.8) is 0 Å². The molecule has 6 heteroatoms. The summed E-state index contributed by atoms with van der Waals surface area (Å²) in [5, 5.41) is 0. The van der Waals surface area contributed by atoms with Crippen molar-refractivity contribution in [3.8, 4) is 0 Å². The van der Waals surface area contributed by atoms with Crippen LogP contribution in [0.4, 0.5) is 8.78 Å². The van der Waals surface area contributed by atoms with Crippen molar-refractivity contribution >= 4 is 27.7 Å². The molecule has 0 aliphatic heterocycles. The summed E-state index contributed by atoms with van der Waals surface area (Å²) in [4.78, 5) is 22.2. The molecule has 0 aliphatic rings. The second kappa shape index (κ2) is 6.75. The standard InChI is InChI=1S/C13H13BrF2O3/c1-3-19-13(18)9-6-4-5-8(12(15)16)10(9)11(14)7(2)17/h4-6,11-12H,3H2,1-2H3. The van der Waals surface area contributed by atoms with Gasteiger partial charge in [-0.05, 0) is 25.5 Å². The first kappa shape index (κ1) is 15.8. The molecule has 0 radical (unpaired) electrons. The van der Waals surface area contributed by atoms with Gasteiger partial charge in [-0.3, -0.25) is 4.79 Å². The Morgan fingerprint density at radius 2 is 2.00 bits per heavy atom. The third kappa shape index (κ3) is 3.59. The van der Waals surface area contributed by atoms with Gasteiger partial charge in [0.15, 0.2) is 0 Å². The largest absolute Gasteiger partial charge is 0.462 e. The molecule has 1 aromatic rings. The van der Waals surface area contributed by atoms with Crippen LogP contribution in [0.25, 0.3) is 0 Å². The number of halogens is 3. The van der Waals surface area contributed by atoms with E-state index in [2.05, 4.69) is 15.9 Å². The number of carbonyl (C=O) groups is 2. The first-order chi connectivity index (χ1) is 8.90. The maximum atomic E-state index is 13.0. The molecule has 0 saturated heterocycles. The third-order valence-corrected chi connectivity index (χ3v) is 3.58. The van der Waals surface area contributed by atoms with Crippen LogP contribution in [0.3, 0.4) is 0 Å².